The molecule has 0 aliphatic rings. The first-order chi connectivity index (χ1) is 13.7. The van der Waals surface area contributed by atoms with Crippen molar-refractivity contribution < 1.29 is 19.0 Å². The van der Waals surface area contributed by atoms with Crippen molar-refractivity contribution in [3.8, 4) is 17.2 Å². The summed E-state index contributed by atoms with van der Waals surface area (Å²) in [6.07, 6.45) is 0.334. The van der Waals surface area contributed by atoms with Crippen LogP contribution in [0.4, 0.5) is 5.69 Å². The lowest BCUT2D eigenvalue weighted by Crippen LogP contribution is -2.31. The molecule has 3 aromatic rings. The van der Waals surface area contributed by atoms with Gasteiger partial charge < -0.3 is 19.1 Å². The standard InChI is InChI=1S/C22H23NO4S/c1-25-19-12-17(13-20(26-2)22(19)27-3)23(15-16-8-5-4-6-9-16)21(24)14-18-10-7-11-28-18/h4-13H,14-15H2,1-3H3. The van der Waals surface area contributed by atoms with Crippen LogP contribution in [0.5, 0.6) is 17.2 Å². The summed E-state index contributed by atoms with van der Waals surface area (Å²) in [5, 5.41) is 1.98. The summed E-state index contributed by atoms with van der Waals surface area (Å²) < 4.78 is 16.3. The number of rotatable bonds is 8. The Balaban J connectivity index is 2.01. The van der Waals surface area contributed by atoms with Crippen LogP contribution < -0.4 is 19.1 Å². The third kappa shape index (κ3) is 4.46. The van der Waals surface area contributed by atoms with E-state index in [2.05, 4.69) is 0 Å². The minimum Gasteiger partial charge on any atom is -0.493 e. The molecule has 1 heterocycles. The molecule has 1 aromatic heterocycles. The molecule has 0 N–H and O–H groups in total. The van der Waals surface area contributed by atoms with Crippen LogP contribution in [0, 0.1) is 0 Å². The maximum Gasteiger partial charge on any atom is 0.232 e. The molecule has 0 fully saturated rings. The highest BCUT2D eigenvalue weighted by atomic mass is 32.1. The maximum absolute atomic E-state index is 13.2. The van der Waals surface area contributed by atoms with E-state index in [1.165, 1.54) is 0 Å². The first-order valence-corrected chi connectivity index (χ1v) is 9.71. The molecule has 0 aliphatic carbocycles. The molecule has 0 radical (unpaired) electrons. The summed E-state index contributed by atoms with van der Waals surface area (Å²) in [6, 6.07) is 17.4. The average Bonchev–Trinajstić information content (AvgIpc) is 3.24. The van der Waals surface area contributed by atoms with Gasteiger partial charge in [0.25, 0.3) is 0 Å². The van der Waals surface area contributed by atoms with Gasteiger partial charge in [-0.1, -0.05) is 36.4 Å². The van der Waals surface area contributed by atoms with Gasteiger partial charge in [-0.2, -0.15) is 0 Å². The zero-order valence-electron chi connectivity index (χ0n) is 16.2. The Kier molecular flexibility index (Phi) is 6.55. The molecule has 0 unspecified atom stereocenters. The van der Waals surface area contributed by atoms with Crippen molar-refractivity contribution in [1.82, 2.24) is 0 Å². The monoisotopic (exact) mass is 397 g/mol. The molecule has 0 aliphatic heterocycles. The third-order valence-corrected chi connectivity index (χ3v) is 5.23. The fourth-order valence-corrected chi connectivity index (χ4v) is 3.67. The number of anilines is 1. The quantitative estimate of drug-likeness (QED) is 0.559. The van der Waals surface area contributed by atoms with E-state index in [4.69, 9.17) is 14.2 Å². The number of amides is 1. The molecular weight excluding hydrogens is 374 g/mol. The van der Waals surface area contributed by atoms with Crippen LogP contribution in [0.1, 0.15) is 10.4 Å². The summed E-state index contributed by atoms with van der Waals surface area (Å²) >= 11 is 1.57. The number of methoxy groups -OCH3 is 3. The number of hydrogen-bond acceptors (Lipinski definition) is 5. The predicted molar refractivity (Wildman–Crippen MR) is 112 cm³/mol. The number of hydrogen-bond donors (Lipinski definition) is 0. The normalized spacial score (nSPS) is 10.4. The molecule has 0 saturated heterocycles. The molecule has 146 valence electrons. The highest BCUT2D eigenvalue weighted by Gasteiger charge is 2.22. The van der Waals surface area contributed by atoms with Crippen molar-refractivity contribution >= 4 is 22.9 Å². The number of thiophene rings is 1. The smallest absolute Gasteiger partial charge is 0.232 e. The summed E-state index contributed by atoms with van der Waals surface area (Å²) in [7, 11) is 4.69. The number of carbonyl (C=O) groups is 1. The van der Waals surface area contributed by atoms with Crippen molar-refractivity contribution in [1.29, 1.82) is 0 Å². The fraction of sp³-hybridized carbons (Fsp3) is 0.227. The van der Waals surface area contributed by atoms with Crippen molar-refractivity contribution in [2.75, 3.05) is 26.2 Å². The van der Waals surface area contributed by atoms with Crippen molar-refractivity contribution in [3.63, 3.8) is 0 Å². The summed E-state index contributed by atoms with van der Waals surface area (Å²) in [4.78, 5) is 16.0. The largest absolute Gasteiger partial charge is 0.493 e. The van der Waals surface area contributed by atoms with Gasteiger partial charge in [-0.05, 0) is 17.0 Å². The molecule has 1 amide bonds. The van der Waals surface area contributed by atoms with Crippen molar-refractivity contribution in [2.24, 2.45) is 0 Å². The highest BCUT2D eigenvalue weighted by Crippen LogP contribution is 2.41. The van der Waals surface area contributed by atoms with Crippen molar-refractivity contribution in [3.05, 3.63) is 70.4 Å². The first kappa shape index (κ1) is 19.8. The molecular formula is C22H23NO4S. The van der Waals surface area contributed by atoms with E-state index < -0.39 is 0 Å². The number of carbonyl (C=O) groups excluding carboxylic acids is 1. The Morgan fingerprint density at radius 1 is 0.929 bits per heavy atom. The molecule has 2 aromatic carbocycles. The lowest BCUT2D eigenvalue weighted by Gasteiger charge is -2.25. The van der Waals surface area contributed by atoms with Crippen LogP contribution in [0.3, 0.4) is 0 Å². The van der Waals surface area contributed by atoms with Crippen LogP contribution in [-0.4, -0.2) is 27.2 Å². The minimum atomic E-state index is 0.000533. The van der Waals surface area contributed by atoms with Gasteiger partial charge in [-0.15, -0.1) is 11.3 Å². The molecule has 0 saturated carbocycles. The van der Waals surface area contributed by atoms with Gasteiger partial charge in [0.2, 0.25) is 11.7 Å². The van der Waals surface area contributed by atoms with Gasteiger partial charge in [0.05, 0.1) is 40.0 Å². The lowest BCUT2D eigenvalue weighted by molar-refractivity contribution is -0.118. The topological polar surface area (TPSA) is 48.0 Å². The summed E-state index contributed by atoms with van der Waals surface area (Å²) in [6.45, 7) is 0.448. The van der Waals surface area contributed by atoms with E-state index in [1.54, 1.807) is 49.7 Å². The van der Waals surface area contributed by atoms with E-state index >= 15 is 0 Å². The lowest BCUT2D eigenvalue weighted by atomic mass is 10.1. The molecule has 0 bridgehead atoms. The van der Waals surface area contributed by atoms with Gasteiger partial charge in [-0.3, -0.25) is 4.79 Å². The molecule has 0 atom stereocenters. The zero-order chi connectivity index (χ0) is 19.9. The minimum absolute atomic E-state index is 0.000533. The average molecular weight is 397 g/mol. The zero-order valence-corrected chi connectivity index (χ0v) is 17.0. The van der Waals surface area contributed by atoms with E-state index in [1.807, 2.05) is 47.8 Å². The van der Waals surface area contributed by atoms with Crippen LogP contribution >= 0.6 is 11.3 Å². The fourth-order valence-electron chi connectivity index (χ4n) is 2.97. The number of nitrogens with zero attached hydrogens (tertiary/aromatic N) is 1. The van der Waals surface area contributed by atoms with Gasteiger partial charge in [0, 0.05) is 17.0 Å². The van der Waals surface area contributed by atoms with Crippen LogP contribution in [-0.2, 0) is 17.8 Å². The van der Waals surface area contributed by atoms with Gasteiger partial charge in [-0.25, -0.2) is 0 Å². The summed E-state index contributed by atoms with van der Waals surface area (Å²) in [5.41, 5.74) is 1.73. The molecule has 6 heteroatoms. The van der Waals surface area contributed by atoms with E-state index in [0.29, 0.717) is 35.9 Å². The van der Waals surface area contributed by atoms with E-state index in [-0.39, 0.29) is 5.91 Å². The maximum atomic E-state index is 13.2. The van der Waals surface area contributed by atoms with E-state index in [0.717, 1.165) is 10.4 Å². The molecule has 0 spiro atoms. The predicted octanol–water partition coefficient (Wildman–Crippen LogP) is 4.55. The Hall–Kier alpha value is -2.99. The second kappa shape index (κ2) is 9.28. The first-order valence-electron chi connectivity index (χ1n) is 8.83. The Labute approximate surface area is 169 Å². The Morgan fingerprint density at radius 3 is 2.14 bits per heavy atom. The third-order valence-electron chi connectivity index (χ3n) is 4.35. The SMILES string of the molecule is COc1cc(N(Cc2ccccc2)C(=O)Cc2cccs2)cc(OC)c1OC. The van der Waals surface area contributed by atoms with Crippen LogP contribution in [0.2, 0.25) is 0 Å². The number of ether oxygens (including phenoxy) is 3. The second-order valence-corrected chi connectivity index (χ2v) is 7.14. The number of benzene rings is 2. The molecule has 3 rings (SSSR count). The van der Waals surface area contributed by atoms with E-state index in [9.17, 15) is 4.79 Å². The van der Waals surface area contributed by atoms with Gasteiger partial charge in [0.15, 0.2) is 11.5 Å². The highest BCUT2D eigenvalue weighted by molar-refractivity contribution is 7.10. The van der Waals surface area contributed by atoms with Crippen LogP contribution in [0.15, 0.2) is 60.0 Å². The van der Waals surface area contributed by atoms with Crippen LogP contribution in [0.25, 0.3) is 0 Å². The second-order valence-electron chi connectivity index (χ2n) is 6.11. The summed E-state index contributed by atoms with van der Waals surface area (Å²) in [5.74, 6) is 1.53. The Morgan fingerprint density at radius 2 is 1.61 bits per heavy atom. The van der Waals surface area contributed by atoms with Gasteiger partial charge in [0.1, 0.15) is 0 Å². The van der Waals surface area contributed by atoms with Crippen molar-refractivity contribution in [2.45, 2.75) is 13.0 Å². The van der Waals surface area contributed by atoms with Gasteiger partial charge >= 0.3 is 0 Å². The Bertz CT molecular complexity index is 885. The molecule has 5 nitrogen and oxygen atoms in total. The molecule has 28 heavy (non-hydrogen) atoms.